The molecule has 0 aliphatic heterocycles. The van der Waals surface area contributed by atoms with E-state index in [0.717, 1.165) is 0 Å². The van der Waals surface area contributed by atoms with Crippen molar-refractivity contribution in [2.45, 2.75) is 0 Å². The molecule has 0 fully saturated rings. The average Bonchev–Trinajstić information content (AvgIpc) is 1.41. The van der Waals surface area contributed by atoms with Crippen LogP contribution in [0.4, 0.5) is 0 Å². The average molecular weight is 259 g/mol. The second-order valence-corrected chi connectivity index (χ2v) is 1.81. The summed E-state index contributed by atoms with van der Waals surface area (Å²) in [5, 5.41) is 0. The molecule has 0 saturated carbocycles. The van der Waals surface area contributed by atoms with Crippen LogP contribution in [0.5, 0.6) is 0 Å². The van der Waals surface area contributed by atoms with Crippen LogP contribution in [0.15, 0.2) is 0 Å². The molecule has 0 aromatic heterocycles. The van der Waals surface area contributed by atoms with Crippen LogP contribution in [-0.2, 0) is 2.69 Å². The molecule has 0 bridgehead atoms. The molecule has 1 nitrogen and oxygen atoms in total. The van der Waals surface area contributed by atoms with Crippen molar-refractivity contribution in [1.82, 2.24) is 0 Å². The molecule has 0 aliphatic carbocycles. The van der Waals surface area contributed by atoms with Crippen LogP contribution in [0, 0.1) is 12.3 Å². The standard InChI is InChI=1S/C3H3O.Tl/c1-2-3-4;/h1H,3H2;/q-1;+1. The van der Waals surface area contributed by atoms with Gasteiger partial charge in [0.2, 0.25) is 0 Å². The molecule has 0 aliphatic rings. The van der Waals surface area contributed by atoms with E-state index in [1.807, 2.05) is 0 Å². The first-order valence-corrected chi connectivity index (χ1v) is 3.00. The predicted octanol–water partition coefficient (Wildman–Crippen LogP) is -0.280. The minimum atomic E-state index is 0.491. The fourth-order valence-electron chi connectivity index (χ4n) is 0.0481. The summed E-state index contributed by atoms with van der Waals surface area (Å²) in [5.74, 6) is 2.34. The van der Waals surface area contributed by atoms with Crippen molar-refractivity contribution in [2.75, 3.05) is 6.61 Å². The molecule has 2 heteroatoms. The van der Waals surface area contributed by atoms with E-state index < -0.39 is 0 Å². The molecule has 5 heavy (non-hydrogen) atoms. The topological polar surface area (TPSA) is 9.23 Å². The Bertz CT molecular complexity index is 45.3. The zero-order chi connectivity index (χ0) is 4.12. The summed E-state index contributed by atoms with van der Waals surface area (Å²) in [6.45, 7) is 0.491. The van der Waals surface area contributed by atoms with Crippen LogP contribution in [0.3, 0.4) is 0 Å². The van der Waals surface area contributed by atoms with Gasteiger partial charge >= 0.3 is 47.9 Å². The molecule has 0 saturated heterocycles. The van der Waals surface area contributed by atoms with Crippen LogP contribution >= 0.6 is 0 Å². The Balaban J connectivity index is 2.48. The normalized spacial score (nSPS) is 6.00. The van der Waals surface area contributed by atoms with Crippen molar-refractivity contribution < 1.29 is 2.69 Å². The Labute approximate surface area is 48.0 Å². The Morgan fingerprint density at radius 1 is 2.00 bits per heavy atom. The van der Waals surface area contributed by atoms with Crippen LogP contribution in [0.2, 0.25) is 0 Å². The zero-order valence-corrected chi connectivity index (χ0v) is 7.26. The minimum absolute atomic E-state index is 0.491. The molecular weight excluding hydrogens is 256 g/mol. The molecule has 0 radical (unpaired) electrons. The molecule has 0 atom stereocenters. The zero-order valence-electron chi connectivity index (χ0n) is 2.77. The van der Waals surface area contributed by atoms with E-state index >= 15 is 0 Å². The van der Waals surface area contributed by atoms with Gasteiger partial charge in [-0.3, -0.25) is 0 Å². The van der Waals surface area contributed by atoms with Crippen LogP contribution in [0.25, 0.3) is 0 Å². The summed E-state index contributed by atoms with van der Waals surface area (Å²) in [6.07, 6.45) is 4.79. The first-order chi connectivity index (χ1) is 2.41. The monoisotopic (exact) mass is 260 g/mol. The van der Waals surface area contributed by atoms with Gasteiger partial charge in [-0.25, -0.2) is 0 Å². The summed E-state index contributed by atoms with van der Waals surface area (Å²) < 4.78 is 4.62. The van der Waals surface area contributed by atoms with Gasteiger partial charge in [-0.15, -0.1) is 0 Å². The third-order valence-electron chi connectivity index (χ3n) is 0.167. The SMILES string of the molecule is C#CC[O][Tl]. The Kier molecular flexibility index (Phi) is 4.83. The molecule has 0 heterocycles. The molecular formula is C3H3OTl. The Hall–Kier alpha value is 0.442. The maximum absolute atomic E-state index is 4.79. The van der Waals surface area contributed by atoms with Gasteiger partial charge in [-0.2, -0.15) is 0 Å². The fraction of sp³-hybridized carbons (Fsp3) is 0.333. The quantitative estimate of drug-likeness (QED) is 0.465. The number of hydrogen-bond donors (Lipinski definition) is 0. The molecule has 0 spiro atoms. The molecule has 0 N–H and O–H groups in total. The van der Waals surface area contributed by atoms with E-state index in [4.69, 9.17) is 6.42 Å². The second-order valence-electron chi connectivity index (χ2n) is 0.515. The van der Waals surface area contributed by atoms with Gasteiger partial charge in [-0.1, -0.05) is 0 Å². The van der Waals surface area contributed by atoms with Gasteiger partial charge in [0.05, 0.1) is 0 Å². The van der Waals surface area contributed by atoms with Crippen molar-refractivity contribution in [3.05, 3.63) is 0 Å². The number of hydrogen-bond acceptors (Lipinski definition) is 1. The number of rotatable bonds is 1. The predicted molar refractivity (Wildman–Crippen MR) is 20.5 cm³/mol. The first-order valence-electron chi connectivity index (χ1n) is 1.17. The van der Waals surface area contributed by atoms with E-state index in [2.05, 4.69) is 8.61 Å². The molecule has 0 aromatic carbocycles. The summed E-state index contributed by atoms with van der Waals surface area (Å²) in [5.41, 5.74) is 0. The van der Waals surface area contributed by atoms with E-state index in [1.54, 1.807) is 0 Å². The van der Waals surface area contributed by atoms with Crippen molar-refractivity contribution in [2.24, 2.45) is 0 Å². The van der Waals surface area contributed by atoms with Gasteiger partial charge in [0.15, 0.2) is 0 Å². The summed E-state index contributed by atoms with van der Waals surface area (Å²) >= 11 is 0.594. The third kappa shape index (κ3) is 4.44. The summed E-state index contributed by atoms with van der Waals surface area (Å²) in [7, 11) is 0. The molecule has 0 rings (SSSR count). The van der Waals surface area contributed by atoms with E-state index in [0.29, 0.717) is 32.8 Å². The summed E-state index contributed by atoms with van der Waals surface area (Å²) in [6, 6.07) is 0. The van der Waals surface area contributed by atoms with Crippen molar-refractivity contribution >= 4 is 26.2 Å². The third-order valence-corrected chi connectivity index (χ3v) is 0.815. The van der Waals surface area contributed by atoms with Crippen molar-refractivity contribution in [3.8, 4) is 12.3 Å². The van der Waals surface area contributed by atoms with Gasteiger partial charge in [-0.05, 0) is 0 Å². The molecule has 0 aromatic rings. The van der Waals surface area contributed by atoms with Gasteiger partial charge in [0.1, 0.15) is 0 Å². The second kappa shape index (κ2) is 4.44. The Morgan fingerprint density at radius 2 is 2.60 bits per heavy atom. The molecule has 0 amide bonds. The maximum atomic E-state index is 4.79. The van der Waals surface area contributed by atoms with Gasteiger partial charge in [0, 0.05) is 0 Å². The van der Waals surface area contributed by atoms with Crippen LogP contribution < -0.4 is 0 Å². The van der Waals surface area contributed by atoms with Crippen LogP contribution in [-0.4, -0.2) is 32.8 Å². The van der Waals surface area contributed by atoms with Gasteiger partial charge < -0.3 is 0 Å². The summed E-state index contributed by atoms with van der Waals surface area (Å²) in [4.78, 5) is 0. The van der Waals surface area contributed by atoms with Crippen molar-refractivity contribution in [1.29, 1.82) is 0 Å². The van der Waals surface area contributed by atoms with Gasteiger partial charge in [0.25, 0.3) is 0 Å². The Morgan fingerprint density at radius 3 is 2.60 bits per heavy atom. The molecule has 0 unspecified atom stereocenters. The van der Waals surface area contributed by atoms with E-state index in [-0.39, 0.29) is 0 Å². The van der Waals surface area contributed by atoms with Crippen LogP contribution in [0.1, 0.15) is 0 Å². The first kappa shape index (κ1) is 5.44. The fourth-order valence-corrected chi connectivity index (χ4v) is 0.422. The van der Waals surface area contributed by atoms with Crippen molar-refractivity contribution in [3.63, 3.8) is 0 Å². The number of terminal acetylenes is 1. The molecule has 24 valence electrons. The van der Waals surface area contributed by atoms with E-state index in [1.165, 1.54) is 0 Å². The van der Waals surface area contributed by atoms with E-state index in [9.17, 15) is 0 Å².